The van der Waals surface area contributed by atoms with Crippen molar-refractivity contribution in [3.8, 4) is 0 Å². The van der Waals surface area contributed by atoms with E-state index in [9.17, 15) is 9.59 Å². The number of H-pyrrole nitrogens is 1. The van der Waals surface area contributed by atoms with Crippen LogP contribution in [-0.4, -0.2) is 54.5 Å². The van der Waals surface area contributed by atoms with Crippen LogP contribution in [0.4, 0.5) is 5.69 Å². The van der Waals surface area contributed by atoms with E-state index in [1.807, 2.05) is 24.3 Å². The zero-order chi connectivity index (χ0) is 16.9. The van der Waals surface area contributed by atoms with Crippen LogP contribution in [0.15, 0.2) is 42.6 Å². The van der Waals surface area contributed by atoms with Gasteiger partial charge in [0, 0.05) is 43.1 Å². The van der Waals surface area contributed by atoms with Crippen molar-refractivity contribution in [2.45, 2.75) is 0 Å². The quantitative estimate of drug-likeness (QED) is 0.861. The van der Waals surface area contributed by atoms with Gasteiger partial charge in [-0.15, -0.1) is 0 Å². The Morgan fingerprint density at radius 2 is 1.92 bits per heavy atom. The molecule has 1 aromatic heterocycles. The zero-order valence-corrected chi connectivity index (χ0v) is 13.8. The van der Waals surface area contributed by atoms with Gasteiger partial charge in [-0.25, -0.2) is 4.79 Å². The molecule has 1 saturated heterocycles. The van der Waals surface area contributed by atoms with Gasteiger partial charge < -0.3 is 19.5 Å². The maximum Gasteiger partial charge on any atom is 0.355 e. The summed E-state index contributed by atoms with van der Waals surface area (Å²) in [6, 6.07) is 11.0. The molecule has 2 aromatic rings. The number of ether oxygens (including phenoxy) is 1. The molecule has 1 aromatic carbocycles. The monoisotopic (exact) mass is 347 g/mol. The molecular formula is C17H18ClN3O3. The van der Waals surface area contributed by atoms with E-state index in [4.69, 9.17) is 16.3 Å². The minimum absolute atomic E-state index is 0.180. The standard InChI is InChI=1S/C17H18ClN3O3/c18-13-3-1-4-14(11-13)20-7-9-21(10-8-20)16(22)12-24-17(23)15-5-2-6-19-15/h1-6,11,19H,7-10,12H2. The highest BCUT2D eigenvalue weighted by molar-refractivity contribution is 6.30. The molecule has 1 N–H and O–H groups in total. The second-order valence-electron chi connectivity index (χ2n) is 5.51. The van der Waals surface area contributed by atoms with Crippen molar-refractivity contribution in [1.82, 2.24) is 9.88 Å². The van der Waals surface area contributed by atoms with Crippen molar-refractivity contribution >= 4 is 29.2 Å². The Morgan fingerprint density at radius 1 is 1.12 bits per heavy atom. The van der Waals surface area contributed by atoms with Crippen LogP contribution in [0, 0.1) is 0 Å². The molecule has 0 saturated carbocycles. The molecule has 126 valence electrons. The molecule has 0 aliphatic carbocycles. The number of aromatic nitrogens is 1. The van der Waals surface area contributed by atoms with E-state index in [0.29, 0.717) is 23.8 Å². The molecule has 0 unspecified atom stereocenters. The maximum atomic E-state index is 12.2. The fourth-order valence-electron chi connectivity index (χ4n) is 2.64. The predicted octanol–water partition coefficient (Wildman–Crippen LogP) is 2.17. The van der Waals surface area contributed by atoms with Gasteiger partial charge in [0.25, 0.3) is 5.91 Å². The highest BCUT2D eigenvalue weighted by Gasteiger charge is 2.22. The number of nitrogens with one attached hydrogen (secondary N) is 1. The molecule has 2 heterocycles. The molecule has 1 amide bonds. The third-order valence-electron chi connectivity index (χ3n) is 3.95. The molecule has 6 nitrogen and oxygen atoms in total. The largest absolute Gasteiger partial charge is 0.451 e. The lowest BCUT2D eigenvalue weighted by Gasteiger charge is -2.36. The lowest BCUT2D eigenvalue weighted by molar-refractivity contribution is -0.134. The van der Waals surface area contributed by atoms with Crippen LogP contribution in [0.25, 0.3) is 0 Å². The number of aromatic amines is 1. The number of esters is 1. The summed E-state index contributed by atoms with van der Waals surface area (Å²) in [7, 11) is 0. The van der Waals surface area contributed by atoms with Crippen molar-refractivity contribution in [3.63, 3.8) is 0 Å². The fraction of sp³-hybridized carbons (Fsp3) is 0.294. The van der Waals surface area contributed by atoms with Crippen molar-refractivity contribution in [2.24, 2.45) is 0 Å². The highest BCUT2D eigenvalue weighted by Crippen LogP contribution is 2.20. The first-order chi connectivity index (χ1) is 11.6. The number of benzene rings is 1. The molecular weight excluding hydrogens is 330 g/mol. The summed E-state index contributed by atoms with van der Waals surface area (Å²) in [6.07, 6.45) is 1.63. The van der Waals surface area contributed by atoms with Crippen LogP contribution in [0.2, 0.25) is 5.02 Å². The number of anilines is 1. The van der Waals surface area contributed by atoms with Crippen molar-refractivity contribution in [3.05, 3.63) is 53.3 Å². The number of hydrogen-bond donors (Lipinski definition) is 1. The molecule has 7 heteroatoms. The third kappa shape index (κ3) is 3.89. The van der Waals surface area contributed by atoms with E-state index < -0.39 is 5.97 Å². The second-order valence-corrected chi connectivity index (χ2v) is 5.94. The van der Waals surface area contributed by atoms with Crippen molar-refractivity contribution in [2.75, 3.05) is 37.7 Å². The number of nitrogens with zero attached hydrogens (tertiary/aromatic N) is 2. The first kappa shape index (κ1) is 16.4. The molecule has 1 aliphatic heterocycles. The van der Waals surface area contributed by atoms with Crippen LogP contribution >= 0.6 is 11.6 Å². The average molecular weight is 348 g/mol. The summed E-state index contributed by atoms with van der Waals surface area (Å²) in [6.45, 7) is 2.37. The summed E-state index contributed by atoms with van der Waals surface area (Å²) in [5.74, 6) is -0.702. The van der Waals surface area contributed by atoms with Gasteiger partial charge in [-0.1, -0.05) is 17.7 Å². The van der Waals surface area contributed by atoms with Crippen molar-refractivity contribution in [1.29, 1.82) is 0 Å². The maximum absolute atomic E-state index is 12.2. The predicted molar refractivity (Wildman–Crippen MR) is 91.3 cm³/mol. The third-order valence-corrected chi connectivity index (χ3v) is 4.19. The average Bonchev–Trinajstić information content (AvgIpc) is 3.14. The molecule has 0 radical (unpaired) electrons. The number of halogens is 1. The van der Waals surface area contributed by atoms with E-state index in [-0.39, 0.29) is 12.5 Å². The second kappa shape index (κ2) is 7.40. The van der Waals surface area contributed by atoms with E-state index >= 15 is 0 Å². The Bertz CT molecular complexity index is 710. The zero-order valence-electron chi connectivity index (χ0n) is 13.1. The molecule has 3 rings (SSSR count). The fourth-order valence-corrected chi connectivity index (χ4v) is 2.83. The molecule has 24 heavy (non-hydrogen) atoms. The molecule has 0 atom stereocenters. The number of carbonyl (C=O) groups excluding carboxylic acids is 2. The molecule has 1 aliphatic rings. The minimum atomic E-state index is -0.522. The highest BCUT2D eigenvalue weighted by atomic mass is 35.5. The molecule has 1 fully saturated rings. The Kier molecular flexibility index (Phi) is 5.05. The van der Waals surface area contributed by atoms with Crippen LogP contribution in [-0.2, 0) is 9.53 Å². The van der Waals surface area contributed by atoms with Gasteiger partial charge in [0.2, 0.25) is 0 Å². The Balaban J connectivity index is 1.47. The van der Waals surface area contributed by atoms with E-state index in [1.165, 1.54) is 0 Å². The number of piperazine rings is 1. The first-order valence-corrected chi connectivity index (χ1v) is 8.10. The summed E-state index contributed by atoms with van der Waals surface area (Å²) >= 11 is 6.01. The normalized spacial score (nSPS) is 14.5. The van der Waals surface area contributed by atoms with Crippen LogP contribution < -0.4 is 4.90 Å². The van der Waals surface area contributed by atoms with Gasteiger partial charge in [-0.05, 0) is 30.3 Å². The lowest BCUT2D eigenvalue weighted by atomic mass is 10.2. The van der Waals surface area contributed by atoms with Gasteiger partial charge in [0.15, 0.2) is 6.61 Å². The van der Waals surface area contributed by atoms with Crippen LogP contribution in [0.3, 0.4) is 0 Å². The lowest BCUT2D eigenvalue weighted by Crippen LogP contribution is -2.49. The molecule has 0 bridgehead atoms. The summed E-state index contributed by atoms with van der Waals surface area (Å²) in [5, 5.41) is 0.697. The number of rotatable bonds is 4. The Morgan fingerprint density at radius 3 is 2.58 bits per heavy atom. The number of amides is 1. The van der Waals surface area contributed by atoms with Crippen LogP contribution in [0.5, 0.6) is 0 Å². The smallest absolute Gasteiger partial charge is 0.355 e. The SMILES string of the molecule is O=C(OCC(=O)N1CCN(c2cccc(Cl)c2)CC1)c1ccc[nH]1. The van der Waals surface area contributed by atoms with Gasteiger partial charge in [0.1, 0.15) is 5.69 Å². The molecule has 0 spiro atoms. The minimum Gasteiger partial charge on any atom is -0.451 e. The van der Waals surface area contributed by atoms with E-state index in [2.05, 4.69) is 9.88 Å². The van der Waals surface area contributed by atoms with Gasteiger partial charge in [-0.3, -0.25) is 4.79 Å². The van der Waals surface area contributed by atoms with Gasteiger partial charge in [0.05, 0.1) is 0 Å². The van der Waals surface area contributed by atoms with E-state index in [1.54, 1.807) is 23.2 Å². The van der Waals surface area contributed by atoms with Gasteiger partial charge >= 0.3 is 5.97 Å². The Hall–Kier alpha value is -2.47. The van der Waals surface area contributed by atoms with Gasteiger partial charge in [-0.2, -0.15) is 0 Å². The summed E-state index contributed by atoms with van der Waals surface area (Å²) < 4.78 is 5.04. The topological polar surface area (TPSA) is 65.6 Å². The van der Waals surface area contributed by atoms with Crippen LogP contribution in [0.1, 0.15) is 10.5 Å². The van der Waals surface area contributed by atoms with E-state index in [0.717, 1.165) is 18.8 Å². The van der Waals surface area contributed by atoms with Crippen molar-refractivity contribution < 1.29 is 14.3 Å². The Labute approximate surface area is 145 Å². The first-order valence-electron chi connectivity index (χ1n) is 7.72. The summed E-state index contributed by atoms with van der Waals surface area (Å²) in [5.41, 5.74) is 1.39. The number of hydrogen-bond acceptors (Lipinski definition) is 4. The summed E-state index contributed by atoms with van der Waals surface area (Å²) in [4.78, 5) is 30.5. The number of carbonyl (C=O) groups is 2.